The highest BCUT2D eigenvalue weighted by molar-refractivity contribution is 6.31. The lowest BCUT2D eigenvalue weighted by atomic mass is 10.1. The van der Waals surface area contributed by atoms with Crippen LogP contribution < -0.4 is 4.74 Å². The van der Waals surface area contributed by atoms with E-state index in [-0.39, 0.29) is 0 Å². The maximum atomic E-state index is 11.0. The first-order chi connectivity index (χ1) is 8.08. The summed E-state index contributed by atoms with van der Waals surface area (Å²) in [4.78, 5) is 11.0. The molecule has 0 aliphatic carbocycles. The van der Waals surface area contributed by atoms with E-state index in [2.05, 4.69) is 0 Å². The van der Waals surface area contributed by atoms with Gasteiger partial charge in [0.2, 0.25) is 0 Å². The molecule has 1 atom stereocenters. The summed E-state index contributed by atoms with van der Waals surface area (Å²) < 4.78 is 5.46. The Balaban J connectivity index is 2.82. The number of hydrogen-bond acceptors (Lipinski definition) is 2. The van der Waals surface area contributed by atoms with E-state index in [0.717, 1.165) is 18.4 Å². The quantitative estimate of drug-likeness (QED) is 0.847. The van der Waals surface area contributed by atoms with Gasteiger partial charge in [0.1, 0.15) is 5.75 Å². The van der Waals surface area contributed by atoms with Crippen LogP contribution in [0.15, 0.2) is 18.2 Å². The number of carbonyl (C=O) groups is 1. The van der Waals surface area contributed by atoms with Crippen LogP contribution in [0.1, 0.15) is 32.3 Å². The summed E-state index contributed by atoms with van der Waals surface area (Å²) in [5.74, 6) is -0.369. The van der Waals surface area contributed by atoms with Gasteiger partial charge in [-0.05, 0) is 36.6 Å². The first-order valence-electron chi connectivity index (χ1n) is 5.76. The van der Waals surface area contributed by atoms with E-state index >= 15 is 0 Å². The van der Waals surface area contributed by atoms with E-state index in [1.165, 1.54) is 0 Å². The standard InChI is InChI=1S/C13H17ClO3/c1-3-5-12(13(15)16)17-10-6-7-11(14)9(4-2)8-10/h6-8,12H,3-5H2,1-2H3,(H,15,16). The minimum absolute atomic E-state index is 0.499. The van der Waals surface area contributed by atoms with E-state index < -0.39 is 12.1 Å². The van der Waals surface area contributed by atoms with E-state index in [4.69, 9.17) is 21.4 Å². The molecule has 94 valence electrons. The molecule has 0 aromatic heterocycles. The molecule has 0 heterocycles. The van der Waals surface area contributed by atoms with E-state index in [1.807, 2.05) is 13.8 Å². The van der Waals surface area contributed by atoms with Crippen LogP contribution in [0.5, 0.6) is 5.75 Å². The van der Waals surface area contributed by atoms with Crippen LogP contribution in [0, 0.1) is 0 Å². The fourth-order valence-electron chi connectivity index (χ4n) is 1.55. The summed E-state index contributed by atoms with van der Waals surface area (Å²) in [6, 6.07) is 5.24. The van der Waals surface area contributed by atoms with Crippen molar-refractivity contribution in [1.29, 1.82) is 0 Å². The monoisotopic (exact) mass is 256 g/mol. The van der Waals surface area contributed by atoms with Crippen LogP contribution >= 0.6 is 11.6 Å². The van der Waals surface area contributed by atoms with Crippen LogP contribution in [0.25, 0.3) is 0 Å². The molecule has 1 rings (SSSR count). The van der Waals surface area contributed by atoms with Crippen molar-refractivity contribution in [3.63, 3.8) is 0 Å². The fraction of sp³-hybridized carbons (Fsp3) is 0.462. The van der Waals surface area contributed by atoms with Crippen molar-refractivity contribution in [1.82, 2.24) is 0 Å². The van der Waals surface area contributed by atoms with E-state index in [0.29, 0.717) is 17.2 Å². The molecule has 0 saturated heterocycles. The second-order valence-electron chi connectivity index (χ2n) is 3.84. The molecule has 3 nitrogen and oxygen atoms in total. The number of rotatable bonds is 6. The van der Waals surface area contributed by atoms with Gasteiger partial charge < -0.3 is 9.84 Å². The zero-order valence-corrected chi connectivity index (χ0v) is 10.8. The number of carboxylic acids is 1. The van der Waals surface area contributed by atoms with Crippen molar-refractivity contribution in [2.75, 3.05) is 0 Å². The second-order valence-corrected chi connectivity index (χ2v) is 4.25. The number of hydrogen-bond donors (Lipinski definition) is 1. The highest BCUT2D eigenvalue weighted by atomic mass is 35.5. The molecule has 0 aliphatic rings. The molecule has 0 saturated carbocycles. The summed E-state index contributed by atoms with van der Waals surface area (Å²) >= 11 is 5.98. The first kappa shape index (κ1) is 13.8. The van der Waals surface area contributed by atoms with Gasteiger partial charge >= 0.3 is 5.97 Å². The zero-order valence-electron chi connectivity index (χ0n) is 10.1. The highest BCUT2D eigenvalue weighted by Gasteiger charge is 2.18. The molecule has 1 aromatic rings. The smallest absolute Gasteiger partial charge is 0.344 e. The third kappa shape index (κ3) is 3.93. The van der Waals surface area contributed by atoms with Gasteiger partial charge in [-0.15, -0.1) is 0 Å². The number of benzene rings is 1. The van der Waals surface area contributed by atoms with Crippen molar-refractivity contribution >= 4 is 17.6 Å². The number of carboxylic acid groups (broad SMARTS) is 1. The van der Waals surface area contributed by atoms with Crippen LogP contribution in [-0.2, 0) is 11.2 Å². The average molecular weight is 257 g/mol. The SMILES string of the molecule is CCCC(Oc1ccc(Cl)c(CC)c1)C(=O)O. The summed E-state index contributed by atoms with van der Waals surface area (Å²) in [5, 5.41) is 9.68. The Morgan fingerprint density at radius 3 is 2.71 bits per heavy atom. The first-order valence-corrected chi connectivity index (χ1v) is 6.14. The molecule has 0 radical (unpaired) electrons. The molecule has 1 unspecified atom stereocenters. The molecule has 1 aromatic carbocycles. The maximum absolute atomic E-state index is 11.0. The Morgan fingerprint density at radius 2 is 2.18 bits per heavy atom. The topological polar surface area (TPSA) is 46.5 Å². The highest BCUT2D eigenvalue weighted by Crippen LogP contribution is 2.23. The van der Waals surface area contributed by atoms with E-state index in [9.17, 15) is 4.79 Å². The van der Waals surface area contributed by atoms with Crippen LogP contribution in [0.3, 0.4) is 0 Å². The Kier molecular flexibility index (Phi) is 5.29. The molecule has 0 spiro atoms. The average Bonchev–Trinajstić information content (AvgIpc) is 2.30. The summed E-state index contributed by atoms with van der Waals surface area (Å²) in [6.07, 6.45) is 1.28. The van der Waals surface area contributed by atoms with Crippen molar-refractivity contribution < 1.29 is 14.6 Å². The molecular formula is C13H17ClO3. The van der Waals surface area contributed by atoms with Crippen molar-refractivity contribution in [3.8, 4) is 5.75 Å². The lowest BCUT2D eigenvalue weighted by Gasteiger charge is -2.15. The van der Waals surface area contributed by atoms with Gasteiger partial charge in [-0.3, -0.25) is 0 Å². The van der Waals surface area contributed by atoms with Gasteiger partial charge in [-0.25, -0.2) is 4.79 Å². The fourth-order valence-corrected chi connectivity index (χ4v) is 1.81. The normalized spacial score (nSPS) is 12.2. The van der Waals surface area contributed by atoms with Crippen LogP contribution in [0.2, 0.25) is 5.02 Å². The minimum atomic E-state index is -0.931. The Morgan fingerprint density at radius 1 is 1.47 bits per heavy atom. The molecular weight excluding hydrogens is 240 g/mol. The Bertz CT molecular complexity index is 390. The minimum Gasteiger partial charge on any atom is -0.479 e. The maximum Gasteiger partial charge on any atom is 0.344 e. The Labute approximate surface area is 106 Å². The summed E-state index contributed by atoms with van der Waals surface area (Å²) in [7, 11) is 0. The molecule has 0 fully saturated rings. The lowest BCUT2D eigenvalue weighted by molar-refractivity contribution is -0.145. The zero-order chi connectivity index (χ0) is 12.8. The Hall–Kier alpha value is -1.22. The number of aliphatic carboxylic acids is 1. The molecule has 0 aliphatic heterocycles. The molecule has 17 heavy (non-hydrogen) atoms. The van der Waals surface area contributed by atoms with Crippen molar-refractivity contribution in [3.05, 3.63) is 28.8 Å². The summed E-state index contributed by atoms with van der Waals surface area (Å²) in [6.45, 7) is 3.92. The number of halogens is 1. The van der Waals surface area contributed by atoms with Gasteiger partial charge in [-0.2, -0.15) is 0 Å². The predicted molar refractivity (Wildman–Crippen MR) is 67.8 cm³/mol. The van der Waals surface area contributed by atoms with Gasteiger partial charge in [-0.1, -0.05) is 31.9 Å². The third-order valence-corrected chi connectivity index (χ3v) is 2.87. The van der Waals surface area contributed by atoms with Gasteiger partial charge in [0.05, 0.1) is 0 Å². The second kappa shape index (κ2) is 6.50. The van der Waals surface area contributed by atoms with Crippen LogP contribution in [-0.4, -0.2) is 17.2 Å². The van der Waals surface area contributed by atoms with E-state index in [1.54, 1.807) is 18.2 Å². The van der Waals surface area contributed by atoms with Gasteiger partial charge in [0.25, 0.3) is 0 Å². The van der Waals surface area contributed by atoms with Crippen LogP contribution in [0.4, 0.5) is 0 Å². The van der Waals surface area contributed by atoms with Gasteiger partial charge in [0, 0.05) is 5.02 Å². The summed E-state index contributed by atoms with van der Waals surface area (Å²) in [5.41, 5.74) is 0.963. The molecule has 4 heteroatoms. The molecule has 0 bridgehead atoms. The molecule has 1 N–H and O–H groups in total. The lowest BCUT2D eigenvalue weighted by Crippen LogP contribution is -2.26. The third-order valence-electron chi connectivity index (χ3n) is 2.50. The molecule has 0 amide bonds. The number of ether oxygens (including phenoxy) is 1. The van der Waals surface area contributed by atoms with Gasteiger partial charge in [0.15, 0.2) is 6.10 Å². The number of aryl methyl sites for hydroxylation is 1. The predicted octanol–water partition coefficient (Wildman–Crippen LogP) is 3.53. The largest absolute Gasteiger partial charge is 0.479 e. The van der Waals surface area contributed by atoms with Crippen molar-refractivity contribution in [2.24, 2.45) is 0 Å². The van der Waals surface area contributed by atoms with Crippen molar-refractivity contribution in [2.45, 2.75) is 39.2 Å².